The fourth-order valence-corrected chi connectivity index (χ4v) is 2.66. The van der Waals surface area contributed by atoms with E-state index < -0.39 is 0 Å². The topological polar surface area (TPSA) is 43.8 Å². The number of rotatable bonds is 2. The van der Waals surface area contributed by atoms with Crippen molar-refractivity contribution in [3.05, 3.63) is 52.5 Å². The second-order valence-electron chi connectivity index (χ2n) is 4.56. The Bertz CT molecular complexity index is 795. The minimum Gasteiger partial charge on any atom is -0.399 e. The van der Waals surface area contributed by atoms with Crippen LogP contribution in [-0.4, -0.2) is 9.55 Å². The Balaban J connectivity index is 2.37. The molecule has 102 valence electrons. The van der Waals surface area contributed by atoms with E-state index in [0.29, 0.717) is 17.8 Å². The lowest BCUT2D eigenvalue weighted by Gasteiger charge is -2.10. The van der Waals surface area contributed by atoms with Crippen molar-refractivity contribution in [1.29, 1.82) is 0 Å². The van der Waals surface area contributed by atoms with E-state index in [9.17, 15) is 4.39 Å². The second kappa shape index (κ2) is 4.90. The average molecular weight is 334 g/mol. The first-order valence-electron chi connectivity index (χ1n) is 6.32. The lowest BCUT2D eigenvalue weighted by atomic mass is 10.2. The molecule has 5 heteroatoms. The van der Waals surface area contributed by atoms with E-state index in [2.05, 4.69) is 20.9 Å². The average Bonchev–Trinajstić information content (AvgIpc) is 2.78. The summed E-state index contributed by atoms with van der Waals surface area (Å²) in [5.74, 6) is 0.529. The van der Waals surface area contributed by atoms with Crippen LogP contribution in [0.2, 0.25) is 0 Å². The number of benzene rings is 2. The molecule has 2 N–H and O–H groups in total. The van der Waals surface area contributed by atoms with Crippen LogP contribution in [0.25, 0.3) is 16.7 Å². The van der Waals surface area contributed by atoms with E-state index in [1.807, 2.05) is 17.6 Å². The number of hydrogen-bond donors (Lipinski definition) is 1. The van der Waals surface area contributed by atoms with Crippen molar-refractivity contribution in [3.63, 3.8) is 0 Å². The number of halogens is 2. The van der Waals surface area contributed by atoms with Gasteiger partial charge in [-0.1, -0.05) is 22.9 Å². The minimum absolute atomic E-state index is 0.279. The molecule has 0 fully saturated rings. The summed E-state index contributed by atoms with van der Waals surface area (Å²) in [6.45, 7) is 2.00. The molecule has 0 aliphatic carbocycles. The van der Waals surface area contributed by atoms with Gasteiger partial charge < -0.3 is 5.73 Å². The third kappa shape index (κ3) is 2.08. The Labute approximate surface area is 124 Å². The zero-order valence-corrected chi connectivity index (χ0v) is 12.5. The standard InChI is InChI=1S/C15H13BrFN3/c1-2-15-19-12-8-10(18)4-6-13(12)20(15)14-7-9(16)3-5-11(14)17/h3-8H,2,18H2,1H3. The maximum absolute atomic E-state index is 14.2. The summed E-state index contributed by atoms with van der Waals surface area (Å²) in [7, 11) is 0. The summed E-state index contributed by atoms with van der Waals surface area (Å²) >= 11 is 3.38. The summed E-state index contributed by atoms with van der Waals surface area (Å²) in [5, 5.41) is 0. The molecule has 0 atom stereocenters. The Morgan fingerprint density at radius 2 is 2.05 bits per heavy atom. The normalized spacial score (nSPS) is 11.2. The molecule has 0 saturated heterocycles. The number of aryl methyl sites for hydroxylation is 1. The number of anilines is 1. The van der Waals surface area contributed by atoms with Gasteiger partial charge in [0.15, 0.2) is 0 Å². The lowest BCUT2D eigenvalue weighted by molar-refractivity contribution is 0.616. The highest BCUT2D eigenvalue weighted by Gasteiger charge is 2.14. The summed E-state index contributed by atoms with van der Waals surface area (Å²) in [6.07, 6.45) is 0.709. The van der Waals surface area contributed by atoms with E-state index >= 15 is 0 Å². The number of nitrogen functional groups attached to an aromatic ring is 1. The van der Waals surface area contributed by atoms with Crippen molar-refractivity contribution in [2.45, 2.75) is 13.3 Å². The highest BCUT2D eigenvalue weighted by Crippen LogP contribution is 2.27. The molecule has 2 aromatic carbocycles. The summed E-state index contributed by atoms with van der Waals surface area (Å²) in [6, 6.07) is 10.4. The maximum atomic E-state index is 14.2. The van der Waals surface area contributed by atoms with Gasteiger partial charge in [-0.15, -0.1) is 0 Å². The first-order chi connectivity index (χ1) is 9.60. The van der Waals surface area contributed by atoms with Gasteiger partial charge in [0.1, 0.15) is 11.6 Å². The van der Waals surface area contributed by atoms with Gasteiger partial charge in [-0.3, -0.25) is 4.57 Å². The van der Waals surface area contributed by atoms with Crippen molar-refractivity contribution >= 4 is 32.7 Å². The zero-order valence-electron chi connectivity index (χ0n) is 10.9. The molecule has 0 spiro atoms. The van der Waals surface area contributed by atoms with Gasteiger partial charge >= 0.3 is 0 Å². The van der Waals surface area contributed by atoms with E-state index in [-0.39, 0.29) is 5.82 Å². The molecule has 3 aromatic rings. The zero-order chi connectivity index (χ0) is 14.3. The molecular weight excluding hydrogens is 321 g/mol. The predicted molar refractivity (Wildman–Crippen MR) is 82.5 cm³/mol. The molecule has 0 unspecified atom stereocenters. The SMILES string of the molecule is CCc1nc2cc(N)ccc2n1-c1cc(Br)ccc1F. The Morgan fingerprint density at radius 1 is 1.25 bits per heavy atom. The molecule has 0 bridgehead atoms. The van der Waals surface area contributed by atoms with Gasteiger partial charge in [-0.05, 0) is 36.4 Å². The van der Waals surface area contributed by atoms with E-state index in [4.69, 9.17) is 5.73 Å². The third-order valence-corrected chi connectivity index (χ3v) is 3.71. The van der Waals surface area contributed by atoms with Crippen molar-refractivity contribution < 1.29 is 4.39 Å². The quantitative estimate of drug-likeness (QED) is 0.718. The smallest absolute Gasteiger partial charge is 0.147 e. The van der Waals surface area contributed by atoms with Crippen molar-refractivity contribution in [2.75, 3.05) is 5.73 Å². The van der Waals surface area contributed by atoms with E-state index in [1.54, 1.807) is 24.3 Å². The molecule has 0 radical (unpaired) electrons. The van der Waals surface area contributed by atoms with Crippen LogP contribution in [0.5, 0.6) is 0 Å². The predicted octanol–water partition coefficient (Wildman–Crippen LogP) is 4.07. The highest BCUT2D eigenvalue weighted by atomic mass is 79.9. The molecular formula is C15H13BrFN3. The van der Waals surface area contributed by atoms with Crippen LogP contribution in [0.3, 0.4) is 0 Å². The number of imidazole rings is 1. The van der Waals surface area contributed by atoms with Gasteiger partial charge in [0.25, 0.3) is 0 Å². The second-order valence-corrected chi connectivity index (χ2v) is 5.48. The molecule has 1 heterocycles. The van der Waals surface area contributed by atoms with Crippen LogP contribution < -0.4 is 5.73 Å². The molecule has 1 aromatic heterocycles. The first-order valence-corrected chi connectivity index (χ1v) is 7.11. The summed E-state index contributed by atoms with van der Waals surface area (Å²) in [5.41, 5.74) is 8.56. The molecule has 0 saturated carbocycles. The minimum atomic E-state index is -0.279. The Hall–Kier alpha value is -1.88. The number of hydrogen-bond acceptors (Lipinski definition) is 2. The first kappa shape index (κ1) is 13.1. The van der Waals surface area contributed by atoms with Gasteiger partial charge in [0.2, 0.25) is 0 Å². The van der Waals surface area contributed by atoms with E-state index in [0.717, 1.165) is 21.3 Å². The van der Waals surface area contributed by atoms with Crippen LogP contribution >= 0.6 is 15.9 Å². The third-order valence-electron chi connectivity index (χ3n) is 3.21. The Morgan fingerprint density at radius 3 is 2.80 bits per heavy atom. The monoisotopic (exact) mass is 333 g/mol. The number of nitrogens with zero attached hydrogens (tertiary/aromatic N) is 2. The molecule has 0 aliphatic heterocycles. The van der Waals surface area contributed by atoms with Crippen LogP contribution in [0.4, 0.5) is 10.1 Å². The van der Waals surface area contributed by atoms with Crippen molar-refractivity contribution in [1.82, 2.24) is 9.55 Å². The molecule has 3 rings (SSSR count). The molecule has 20 heavy (non-hydrogen) atoms. The fourth-order valence-electron chi connectivity index (χ4n) is 2.31. The fraction of sp³-hybridized carbons (Fsp3) is 0.133. The largest absolute Gasteiger partial charge is 0.399 e. The molecule has 3 nitrogen and oxygen atoms in total. The van der Waals surface area contributed by atoms with Crippen LogP contribution in [0, 0.1) is 5.82 Å². The molecule has 0 aliphatic rings. The van der Waals surface area contributed by atoms with Gasteiger partial charge in [-0.25, -0.2) is 9.37 Å². The van der Waals surface area contributed by atoms with Crippen molar-refractivity contribution in [2.24, 2.45) is 0 Å². The Kier molecular flexibility index (Phi) is 3.22. The number of aromatic nitrogens is 2. The summed E-state index contributed by atoms with van der Waals surface area (Å²) < 4.78 is 16.8. The number of nitrogens with two attached hydrogens (primary N) is 1. The van der Waals surface area contributed by atoms with Gasteiger partial charge in [0, 0.05) is 16.6 Å². The van der Waals surface area contributed by atoms with Gasteiger partial charge in [-0.2, -0.15) is 0 Å². The summed E-state index contributed by atoms with van der Waals surface area (Å²) in [4.78, 5) is 4.54. The van der Waals surface area contributed by atoms with Crippen LogP contribution in [0.1, 0.15) is 12.7 Å². The van der Waals surface area contributed by atoms with Crippen LogP contribution in [0.15, 0.2) is 40.9 Å². The lowest BCUT2D eigenvalue weighted by Crippen LogP contribution is -2.02. The molecule has 0 amide bonds. The highest BCUT2D eigenvalue weighted by molar-refractivity contribution is 9.10. The number of fused-ring (bicyclic) bond motifs is 1. The van der Waals surface area contributed by atoms with Crippen molar-refractivity contribution in [3.8, 4) is 5.69 Å². The van der Waals surface area contributed by atoms with Crippen LogP contribution in [-0.2, 0) is 6.42 Å². The van der Waals surface area contributed by atoms with Gasteiger partial charge in [0.05, 0.1) is 16.7 Å². The maximum Gasteiger partial charge on any atom is 0.147 e. The van der Waals surface area contributed by atoms with E-state index in [1.165, 1.54) is 6.07 Å².